The van der Waals surface area contributed by atoms with E-state index in [4.69, 9.17) is 13.9 Å². The fourth-order valence-corrected chi connectivity index (χ4v) is 2.55. The van der Waals surface area contributed by atoms with Crippen molar-refractivity contribution in [1.29, 1.82) is 0 Å². The van der Waals surface area contributed by atoms with E-state index in [-0.39, 0.29) is 11.3 Å². The van der Waals surface area contributed by atoms with Gasteiger partial charge in [0.15, 0.2) is 5.89 Å². The van der Waals surface area contributed by atoms with Crippen molar-refractivity contribution in [3.63, 3.8) is 0 Å². The Kier molecular flexibility index (Phi) is 3.62. The number of ether oxygens (including phenoxy) is 2. The highest BCUT2D eigenvalue weighted by Crippen LogP contribution is 2.28. The third kappa shape index (κ3) is 2.69. The molecule has 0 saturated heterocycles. The smallest absolute Gasteiger partial charge is 0.292 e. The van der Waals surface area contributed by atoms with Crippen LogP contribution in [0.25, 0.3) is 0 Å². The van der Waals surface area contributed by atoms with Crippen LogP contribution in [0.5, 0.6) is 0 Å². The van der Waals surface area contributed by atoms with Gasteiger partial charge in [-0.1, -0.05) is 20.8 Å². The molecule has 22 heavy (non-hydrogen) atoms. The van der Waals surface area contributed by atoms with Gasteiger partial charge in [0.1, 0.15) is 30.4 Å². The molecule has 120 valence electrons. The first-order valence-electron chi connectivity index (χ1n) is 7.61. The van der Waals surface area contributed by atoms with Crippen LogP contribution in [0, 0.1) is 0 Å². The van der Waals surface area contributed by atoms with Crippen molar-refractivity contribution >= 4 is 5.91 Å². The van der Waals surface area contributed by atoms with E-state index in [1.165, 1.54) is 0 Å². The van der Waals surface area contributed by atoms with E-state index in [1.54, 1.807) is 11.8 Å². The molecule has 0 bridgehead atoms. The van der Waals surface area contributed by atoms with E-state index >= 15 is 0 Å². The molecule has 0 radical (unpaired) electrons. The number of hydrogen-bond donors (Lipinski definition) is 0. The van der Waals surface area contributed by atoms with Gasteiger partial charge in [0.2, 0.25) is 5.76 Å². The third-order valence-electron chi connectivity index (χ3n) is 3.82. The Morgan fingerprint density at radius 1 is 1.23 bits per heavy atom. The Morgan fingerprint density at radius 2 is 1.95 bits per heavy atom. The Labute approximate surface area is 130 Å². The second-order valence-corrected chi connectivity index (χ2v) is 6.70. The van der Waals surface area contributed by atoms with E-state index in [1.807, 2.05) is 0 Å². The lowest BCUT2D eigenvalue weighted by Gasteiger charge is -2.28. The maximum atomic E-state index is 12.6. The number of fused-ring (bicyclic) bond motifs is 1. The summed E-state index contributed by atoms with van der Waals surface area (Å²) in [5.74, 6) is 2.34. The molecule has 6 heteroatoms. The molecule has 1 amide bonds. The predicted molar refractivity (Wildman–Crippen MR) is 78.9 cm³/mol. The van der Waals surface area contributed by atoms with Gasteiger partial charge in [-0.2, -0.15) is 0 Å². The summed E-state index contributed by atoms with van der Waals surface area (Å²) >= 11 is 0. The fraction of sp³-hybridized carbons (Fsp3) is 0.625. The summed E-state index contributed by atoms with van der Waals surface area (Å²) in [5.41, 5.74) is 0.713. The van der Waals surface area contributed by atoms with Crippen molar-refractivity contribution in [1.82, 2.24) is 9.88 Å². The highest BCUT2D eigenvalue weighted by molar-refractivity contribution is 5.92. The molecule has 0 unspecified atom stereocenters. The molecule has 2 aliphatic rings. The molecular formula is C16H22N2O4. The van der Waals surface area contributed by atoms with Crippen LogP contribution in [-0.2, 0) is 32.6 Å². The zero-order valence-corrected chi connectivity index (χ0v) is 13.6. The van der Waals surface area contributed by atoms with Crippen molar-refractivity contribution in [2.24, 2.45) is 0 Å². The molecule has 1 aromatic rings. The molecule has 0 fully saturated rings. The van der Waals surface area contributed by atoms with Crippen LogP contribution in [0.4, 0.5) is 0 Å². The van der Waals surface area contributed by atoms with Gasteiger partial charge in [-0.3, -0.25) is 4.79 Å². The predicted octanol–water partition coefficient (Wildman–Crippen LogP) is 2.14. The first-order chi connectivity index (χ1) is 10.4. The molecule has 0 N–H and O–H groups in total. The van der Waals surface area contributed by atoms with Crippen molar-refractivity contribution in [2.75, 3.05) is 19.8 Å². The lowest BCUT2D eigenvalue weighted by Crippen LogP contribution is -2.38. The second-order valence-electron chi connectivity index (χ2n) is 6.70. The topological polar surface area (TPSA) is 64.8 Å². The normalized spacial score (nSPS) is 18.6. The highest BCUT2D eigenvalue weighted by Gasteiger charge is 2.32. The van der Waals surface area contributed by atoms with Gasteiger partial charge >= 0.3 is 0 Å². The van der Waals surface area contributed by atoms with Gasteiger partial charge < -0.3 is 18.8 Å². The average molecular weight is 306 g/mol. The zero-order chi connectivity index (χ0) is 15.9. The summed E-state index contributed by atoms with van der Waals surface area (Å²) in [7, 11) is 0. The molecule has 2 aliphatic heterocycles. The van der Waals surface area contributed by atoms with Crippen LogP contribution in [0.1, 0.15) is 45.0 Å². The molecule has 6 nitrogen and oxygen atoms in total. The standard InChI is InChI=1S/C16H22N2O4/c1-10-13(21-8-7-20-10)14(19)18-6-5-12-11(9-18)17-15(22-12)16(2,3)4/h5-9H2,1-4H3. The van der Waals surface area contributed by atoms with Crippen molar-refractivity contribution in [2.45, 2.75) is 46.1 Å². The van der Waals surface area contributed by atoms with Crippen LogP contribution >= 0.6 is 0 Å². The monoisotopic (exact) mass is 306 g/mol. The molecule has 3 rings (SSSR count). The molecule has 0 aromatic carbocycles. The fourth-order valence-electron chi connectivity index (χ4n) is 2.55. The van der Waals surface area contributed by atoms with E-state index < -0.39 is 0 Å². The van der Waals surface area contributed by atoms with Crippen molar-refractivity contribution in [3.8, 4) is 0 Å². The number of allylic oxidation sites excluding steroid dienone is 1. The summed E-state index contributed by atoms with van der Waals surface area (Å²) < 4.78 is 16.7. The third-order valence-corrected chi connectivity index (χ3v) is 3.82. The molecular weight excluding hydrogens is 284 g/mol. The zero-order valence-electron chi connectivity index (χ0n) is 13.6. The molecule has 0 saturated carbocycles. The lowest BCUT2D eigenvalue weighted by atomic mass is 9.97. The minimum atomic E-state index is -0.136. The van der Waals surface area contributed by atoms with E-state index in [9.17, 15) is 4.79 Å². The summed E-state index contributed by atoms with van der Waals surface area (Å²) in [6, 6.07) is 0. The molecule has 3 heterocycles. The van der Waals surface area contributed by atoms with Crippen LogP contribution in [-0.4, -0.2) is 35.5 Å². The van der Waals surface area contributed by atoms with Crippen molar-refractivity contribution < 1.29 is 18.7 Å². The summed E-state index contributed by atoms with van der Waals surface area (Å²) in [6.07, 6.45) is 0.678. The number of hydrogen-bond acceptors (Lipinski definition) is 5. The minimum absolute atomic E-state index is 0.133. The maximum Gasteiger partial charge on any atom is 0.292 e. The van der Waals surface area contributed by atoms with Crippen LogP contribution in [0.3, 0.4) is 0 Å². The van der Waals surface area contributed by atoms with Crippen LogP contribution in [0.2, 0.25) is 0 Å². The van der Waals surface area contributed by atoms with Gasteiger partial charge in [0.05, 0.1) is 6.54 Å². The van der Waals surface area contributed by atoms with Gasteiger partial charge in [-0.15, -0.1) is 0 Å². The SMILES string of the molecule is CC1=C(C(=O)N2CCc3oc(C(C)(C)C)nc3C2)OCCO1. The lowest BCUT2D eigenvalue weighted by molar-refractivity contribution is -0.133. The largest absolute Gasteiger partial charge is 0.491 e. The van der Waals surface area contributed by atoms with Gasteiger partial charge in [-0.05, 0) is 6.92 Å². The molecule has 1 aromatic heterocycles. The van der Waals surface area contributed by atoms with Gasteiger partial charge in [0.25, 0.3) is 5.91 Å². The number of oxazole rings is 1. The summed E-state index contributed by atoms with van der Waals surface area (Å²) in [4.78, 5) is 18.9. The van der Waals surface area contributed by atoms with Crippen LogP contribution < -0.4 is 0 Å². The Bertz CT molecular complexity index is 625. The number of rotatable bonds is 1. The number of aromatic nitrogens is 1. The Hall–Kier alpha value is -1.98. The number of amides is 1. The average Bonchev–Trinajstić information content (AvgIpc) is 2.90. The first-order valence-corrected chi connectivity index (χ1v) is 7.61. The maximum absolute atomic E-state index is 12.6. The molecule has 0 aliphatic carbocycles. The van der Waals surface area contributed by atoms with Gasteiger partial charge in [-0.25, -0.2) is 4.98 Å². The van der Waals surface area contributed by atoms with Crippen LogP contribution in [0.15, 0.2) is 15.9 Å². The second kappa shape index (κ2) is 5.34. The quantitative estimate of drug-likeness (QED) is 0.795. The Balaban J connectivity index is 1.79. The molecule has 0 atom stereocenters. The number of carbonyl (C=O) groups is 1. The number of carbonyl (C=O) groups excluding carboxylic acids is 1. The van der Waals surface area contributed by atoms with E-state index in [0.29, 0.717) is 44.2 Å². The van der Waals surface area contributed by atoms with Gasteiger partial charge in [0, 0.05) is 18.4 Å². The summed E-state index contributed by atoms with van der Waals surface area (Å²) in [6.45, 7) is 9.91. The minimum Gasteiger partial charge on any atom is -0.491 e. The van der Waals surface area contributed by atoms with E-state index in [0.717, 1.165) is 17.3 Å². The highest BCUT2D eigenvalue weighted by atomic mass is 16.6. The summed E-state index contributed by atoms with van der Waals surface area (Å²) in [5, 5.41) is 0. The number of nitrogens with zero attached hydrogens (tertiary/aromatic N) is 2. The first kappa shape index (κ1) is 14.9. The van der Waals surface area contributed by atoms with Crippen molar-refractivity contribution in [3.05, 3.63) is 28.9 Å². The van der Waals surface area contributed by atoms with E-state index in [2.05, 4.69) is 25.8 Å². The Morgan fingerprint density at radius 3 is 2.64 bits per heavy atom. The molecule has 0 spiro atoms.